The molecule has 5 nitrogen and oxygen atoms in total. The maximum absolute atomic E-state index is 12.2. The van der Waals surface area contributed by atoms with Crippen molar-refractivity contribution in [3.8, 4) is 17.2 Å². The van der Waals surface area contributed by atoms with Crippen molar-refractivity contribution in [3.63, 3.8) is 0 Å². The minimum atomic E-state index is -4.40. The van der Waals surface area contributed by atoms with Crippen molar-refractivity contribution < 1.29 is 32.2 Å². The number of nitrogens with one attached hydrogen (secondary N) is 1. The summed E-state index contributed by atoms with van der Waals surface area (Å²) in [5.74, 6) is 0.956. The third-order valence-electron chi connectivity index (χ3n) is 3.60. The Morgan fingerprint density at radius 3 is 2.41 bits per heavy atom. The number of amides is 1. The van der Waals surface area contributed by atoms with Gasteiger partial charge in [0.15, 0.2) is 18.1 Å². The molecular formula is C19H20F3NO4. The van der Waals surface area contributed by atoms with Gasteiger partial charge in [-0.2, -0.15) is 13.2 Å². The zero-order valence-corrected chi connectivity index (χ0v) is 14.9. The van der Waals surface area contributed by atoms with E-state index in [4.69, 9.17) is 14.2 Å². The summed E-state index contributed by atoms with van der Waals surface area (Å²) < 4.78 is 51.7. The van der Waals surface area contributed by atoms with Crippen LogP contribution >= 0.6 is 0 Å². The molecule has 0 radical (unpaired) electrons. The second kappa shape index (κ2) is 9.16. The molecule has 0 heterocycles. The van der Waals surface area contributed by atoms with Crippen LogP contribution in [0.4, 0.5) is 13.2 Å². The van der Waals surface area contributed by atoms with E-state index in [1.165, 1.54) is 26.4 Å². The number of benzene rings is 2. The van der Waals surface area contributed by atoms with Gasteiger partial charge in [-0.3, -0.25) is 4.79 Å². The number of ether oxygens (including phenoxy) is 3. The molecule has 0 fully saturated rings. The summed E-state index contributed by atoms with van der Waals surface area (Å²) in [6.45, 7) is -1.18. The Balaban J connectivity index is 1.90. The summed E-state index contributed by atoms with van der Waals surface area (Å²) in [7, 11) is 3.03. The molecule has 27 heavy (non-hydrogen) atoms. The first-order valence-corrected chi connectivity index (χ1v) is 8.07. The van der Waals surface area contributed by atoms with E-state index < -0.39 is 12.8 Å². The smallest absolute Gasteiger partial charge is 0.422 e. The molecule has 2 aromatic rings. The third kappa shape index (κ3) is 6.73. The minimum Gasteiger partial charge on any atom is -0.493 e. The van der Waals surface area contributed by atoms with Gasteiger partial charge in [0.2, 0.25) is 5.91 Å². The first kappa shape index (κ1) is 20.4. The maximum atomic E-state index is 12.2. The Kier molecular flexibility index (Phi) is 6.92. The molecule has 0 aliphatic heterocycles. The number of methoxy groups -OCH3 is 2. The SMILES string of the molecule is COc1ccc(CC(=O)NCc2cccc(OCC(F)(F)F)c2)cc1OC. The van der Waals surface area contributed by atoms with Gasteiger partial charge in [-0.15, -0.1) is 0 Å². The maximum Gasteiger partial charge on any atom is 0.422 e. The predicted octanol–water partition coefficient (Wildman–Crippen LogP) is 3.50. The number of carbonyl (C=O) groups excluding carboxylic acids is 1. The standard InChI is InChI=1S/C19H20F3NO4/c1-25-16-7-6-13(9-17(16)26-2)10-18(24)23-11-14-4-3-5-15(8-14)27-12-19(20,21)22/h3-9H,10-12H2,1-2H3,(H,23,24). The number of carbonyl (C=O) groups is 1. The van der Waals surface area contributed by atoms with E-state index in [1.807, 2.05) is 0 Å². The zero-order valence-electron chi connectivity index (χ0n) is 14.9. The third-order valence-corrected chi connectivity index (χ3v) is 3.60. The van der Waals surface area contributed by atoms with Crippen LogP contribution in [0.5, 0.6) is 17.2 Å². The highest BCUT2D eigenvalue weighted by Gasteiger charge is 2.28. The van der Waals surface area contributed by atoms with E-state index in [9.17, 15) is 18.0 Å². The summed E-state index contributed by atoms with van der Waals surface area (Å²) in [5.41, 5.74) is 1.38. The quantitative estimate of drug-likeness (QED) is 0.758. The van der Waals surface area contributed by atoms with Crippen LogP contribution in [0.2, 0.25) is 0 Å². The van der Waals surface area contributed by atoms with Crippen molar-refractivity contribution in [3.05, 3.63) is 53.6 Å². The highest BCUT2D eigenvalue weighted by Crippen LogP contribution is 2.27. The van der Waals surface area contributed by atoms with Gasteiger partial charge in [-0.1, -0.05) is 18.2 Å². The minimum absolute atomic E-state index is 0.0963. The Morgan fingerprint density at radius 1 is 1.00 bits per heavy atom. The van der Waals surface area contributed by atoms with Gasteiger partial charge in [-0.25, -0.2) is 0 Å². The highest BCUT2D eigenvalue weighted by molar-refractivity contribution is 5.78. The summed E-state index contributed by atoms with van der Waals surface area (Å²) in [6, 6.07) is 11.3. The van der Waals surface area contributed by atoms with Crippen molar-refractivity contribution in [2.24, 2.45) is 0 Å². The largest absolute Gasteiger partial charge is 0.493 e. The molecule has 1 N–H and O–H groups in total. The van der Waals surface area contributed by atoms with Crippen LogP contribution in [0, 0.1) is 0 Å². The van der Waals surface area contributed by atoms with Crippen LogP contribution in [0.1, 0.15) is 11.1 Å². The molecule has 0 bridgehead atoms. The van der Waals surface area contributed by atoms with E-state index in [1.54, 1.807) is 30.3 Å². The van der Waals surface area contributed by atoms with Gasteiger partial charge in [-0.05, 0) is 35.4 Å². The lowest BCUT2D eigenvalue weighted by Crippen LogP contribution is -2.24. The molecule has 0 saturated carbocycles. The molecule has 2 rings (SSSR count). The Morgan fingerprint density at radius 2 is 1.74 bits per heavy atom. The van der Waals surface area contributed by atoms with Crippen LogP contribution < -0.4 is 19.5 Å². The fourth-order valence-corrected chi connectivity index (χ4v) is 2.35. The molecule has 0 aliphatic rings. The van der Waals surface area contributed by atoms with E-state index >= 15 is 0 Å². The van der Waals surface area contributed by atoms with E-state index in [-0.39, 0.29) is 24.6 Å². The molecule has 0 atom stereocenters. The van der Waals surface area contributed by atoms with E-state index in [2.05, 4.69) is 5.32 Å². The van der Waals surface area contributed by atoms with Gasteiger partial charge in [0, 0.05) is 6.54 Å². The zero-order chi connectivity index (χ0) is 19.9. The molecule has 0 aromatic heterocycles. The van der Waals surface area contributed by atoms with Gasteiger partial charge < -0.3 is 19.5 Å². The molecule has 0 aliphatic carbocycles. The van der Waals surface area contributed by atoms with Crippen LogP contribution in [0.15, 0.2) is 42.5 Å². The predicted molar refractivity (Wildman–Crippen MR) is 93.1 cm³/mol. The van der Waals surface area contributed by atoms with Gasteiger partial charge in [0.1, 0.15) is 5.75 Å². The van der Waals surface area contributed by atoms with Crippen molar-refractivity contribution in [1.82, 2.24) is 5.32 Å². The lowest BCUT2D eigenvalue weighted by molar-refractivity contribution is -0.153. The van der Waals surface area contributed by atoms with Gasteiger partial charge in [0.25, 0.3) is 0 Å². The normalized spacial score (nSPS) is 11.0. The lowest BCUT2D eigenvalue weighted by Gasteiger charge is -2.11. The van der Waals surface area contributed by atoms with Crippen LogP contribution in [-0.4, -0.2) is 32.9 Å². The second-order valence-corrected chi connectivity index (χ2v) is 5.69. The Hall–Kier alpha value is -2.90. The fourth-order valence-electron chi connectivity index (χ4n) is 2.35. The van der Waals surface area contributed by atoms with Crippen molar-refractivity contribution in [2.45, 2.75) is 19.1 Å². The van der Waals surface area contributed by atoms with Crippen molar-refractivity contribution >= 4 is 5.91 Å². The Labute approximate surface area is 155 Å². The molecule has 1 amide bonds. The average molecular weight is 383 g/mol. The molecule has 0 unspecified atom stereocenters. The average Bonchev–Trinajstić information content (AvgIpc) is 2.64. The molecular weight excluding hydrogens is 363 g/mol. The fraction of sp³-hybridized carbons (Fsp3) is 0.316. The number of hydrogen-bond acceptors (Lipinski definition) is 4. The van der Waals surface area contributed by atoms with Crippen molar-refractivity contribution in [1.29, 1.82) is 0 Å². The van der Waals surface area contributed by atoms with E-state index in [0.29, 0.717) is 17.1 Å². The summed E-state index contributed by atoms with van der Waals surface area (Å²) in [5, 5.41) is 2.72. The lowest BCUT2D eigenvalue weighted by atomic mass is 10.1. The number of rotatable bonds is 8. The highest BCUT2D eigenvalue weighted by atomic mass is 19.4. The van der Waals surface area contributed by atoms with Gasteiger partial charge >= 0.3 is 6.18 Å². The topological polar surface area (TPSA) is 56.8 Å². The monoisotopic (exact) mass is 383 g/mol. The number of halogens is 3. The molecule has 0 saturated heterocycles. The molecule has 2 aromatic carbocycles. The number of hydrogen-bond donors (Lipinski definition) is 1. The second-order valence-electron chi connectivity index (χ2n) is 5.69. The molecule has 8 heteroatoms. The molecule has 146 valence electrons. The van der Waals surface area contributed by atoms with Crippen LogP contribution in [-0.2, 0) is 17.8 Å². The number of alkyl halides is 3. The Bertz CT molecular complexity index is 778. The summed E-state index contributed by atoms with van der Waals surface area (Å²) in [4.78, 5) is 12.1. The van der Waals surface area contributed by atoms with Crippen molar-refractivity contribution in [2.75, 3.05) is 20.8 Å². The summed E-state index contributed by atoms with van der Waals surface area (Å²) >= 11 is 0. The van der Waals surface area contributed by atoms with Crippen LogP contribution in [0.3, 0.4) is 0 Å². The first-order valence-electron chi connectivity index (χ1n) is 8.07. The molecule has 0 spiro atoms. The van der Waals surface area contributed by atoms with Crippen LogP contribution in [0.25, 0.3) is 0 Å². The summed E-state index contributed by atoms with van der Waals surface area (Å²) in [6.07, 6.45) is -4.27. The first-order chi connectivity index (χ1) is 12.8. The van der Waals surface area contributed by atoms with Gasteiger partial charge in [0.05, 0.1) is 20.6 Å². The van der Waals surface area contributed by atoms with E-state index in [0.717, 1.165) is 5.56 Å².